The number of nitrogens with one attached hydrogen (secondary N) is 1. The summed E-state index contributed by atoms with van der Waals surface area (Å²) in [7, 11) is 0. The molecule has 2 heterocycles. The van der Waals surface area contributed by atoms with Crippen molar-refractivity contribution in [1.82, 2.24) is 15.2 Å². The van der Waals surface area contributed by atoms with Gasteiger partial charge < -0.3 is 9.73 Å². The van der Waals surface area contributed by atoms with Crippen LogP contribution < -0.4 is 5.32 Å². The Morgan fingerprint density at radius 3 is 2.95 bits per heavy atom. The summed E-state index contributed by atoms with van der Waals surface area (Å²) in [5.74, 6) is 1.70. The van der Waals surface area contributed by atoms with Gasteiger partial charge in [-0.3, -0.25) is 4.90 Å². The largest absolute Gasteiger partial charge is 0.445 e. The van der Waals surface area contributed by atoms with Crippen molar-refractivity contribution in [2.24, 2.45) is 0 Å². The molecule has 4 heteroatoms. The maximum atomic E-state index is 5.59. The predicted octanol–water partition coefficient (Wildman–Crippen LogP) is 2.52. The molecule has 1 aliphatic heterocycles. The van der Waals surface area contributed by atoms with E-state index in [0.29, 0.717) is 6.04 Å². The van der Waals surface area contributed by atoms with Crippen molar-refractivity contribution in [3.05, 3.63) is 53.7 Å². The third-order valence-electron chi connectivity index (χ3n) is 3.71. The van der Waals surface area contributed by atoms with Crippen molar-refractivity contribution in [1.29, 1.82) is 0 Å². The van der Waals surface area contributed by atoms with Crippen molar-refractivity contribution in [3.8, 4) is 0 Å². The molecule has 0 spiro atoms. The Hall–Kier alpha value is -1.65. The number of aromatic nitrogens is 1. The van der Waals surface area contributed by atoms with E-state index in [4.69, 9.17) is 4.42 Å². The second-order valence-corrected chi connectivity index (χ2v) is 5.37. The first-order chi connectivity index (χ1) is 9.81. The van der Waals surface area contributed by atoms with Crippen LogP contribution in [0.2, 0.25) is 0 Å². The van der Waals surface area contributed by atoms with Gasteiger partial charge in [0, 0.05) is 12.6 Å². The Kier molecular flexibility index (Phi) is 4.14. The van der Waals surface area contributed by atoms with Crippen LogP contribution >= 0.6 is 0 Å². The number of hydrogen-bond acceptors (Lipinski definition) is 4. The summed E-state index contributed by atoms with van der Waals surface area (Å²) in [5.41, 5.74) is 1.35. The normalized spacial score (nSPS) is 20.8. The smallest absolute Gasteiger partial charge is 0.208 e. The SMILES string of the molecule is Cc1cnc(CN2CCCNC(c3ccccc3)C2)o1. The van der Waals surface area contributed by atoms with Crippen LogP contribution in [-0.2, 0) is 6.54 Å². The monoisotopic (exact) mass is 271 g/mol. The van der Waals surface area contributed by atoms with Gasteiger partial charge in [-0.1, -0.05) is 30.3 Å². The van der Waals surface area contributed by atoms with E-state index in [-0.39, 0.29) is 0 Å². The fourth-order valence-electron chi connectivity index (χ4n) is 2.71. The standard InChI is InChI=1S/C16H21N3O/c1-13-10-18-16(20-13)12-19-9-5-8-17-15(11-19)14-6-3-2-4-7-14/h2-4,6-7,10,15,17H,5,8-9,11-12H2,1H3. The number of oxazole rings is 1. The third-order valence-corrected chi connectivity index (χ3v) is 3.71. The minimum atomic E-state index is 0.384. The summed E-state index contributed by atoms with van der Waals surface area (Å²) < 4.78 is 5.59. The van der Waals surface area contributed by atoms with Crippen LogP contribution in [0, 0.1) is 6.92 Å². The second kappa shape index (κ2) is 6.20. The summed E-state index contributed by atoms with van der Waals surface area (Å²) in [6, 6.07) is 11.0. The highest BCUT2D eigenvalue weighted by Crippen LogP contribution is 2.18. The van der Waals surface area contributed by atoms with Crippen LogP contribution in [0.3, 0.4) is 0 Å². The topological polar surface area (TPSA) is 41.3 Å². The molecule has 1 fully saturated rings. The van der Waals surface area contributed by atoms with Gasteiger partial charge in [0.25, 0.3) is 0 Å². The van der Waals surface area contributed by atoms with Crippen molar-refractivity contribution < 1.29 is 4.42 Å². The Morgan fingerprint density at radius 1 is 1.35 bits per heavy atom. The number of hydrogen-bond donors (Lipinski definition) is 1. The van der Waals surface area contributed by atoms with Gasteiger partial charge in [-0.25, -0.2) is 4.98 Å². The number of rotatable bonds is 3. The Labute approximate surface area is 119 Å². The van der Waals surface area contributed by atoms with Crippen LogP contribution in [0.1, 0.15) is 29.7 Å². The minimum absolute atomic E-state index is 0.384. The van der Waals surface area contributed by atoms with Gasteiger partial charge in [-0.2, -0.15) is 0 Å². The van der Waals surface area contributed by atoms with E-state index in [1.165, 1.54) is 5.56 Å². The Morgan fingerprint density at radius 2 is 2.20 bits per heavy atom. The van der Waals surface area contributed by atoms with Crippen LogP contribution in [0.5, 0.6) is 0 Å². The number of nitrogens with zero attached hydrogens (tertiary/aromatic N) is 2. The van der Waals surface area contributed by atoms with Gasteiger partial charge in [-0.05, 0) is 32.0 Å². The Balaban J connectivity index is 1.69. The zero-order chi connectivity index (χ0) is 13.8. The number of aryl methyl sites for hydroxylation is 1. The van der Waals surface area contributed by atoms with Gasteiger partial charge in [0.2, 0.25) is 5.89 Å². The molecule has 0 amide bonds. The van der Waals surface area contributed by atoms with E-state index < -0.39 is 0 Å². The molecule has 1 aromatic heterocycles. The quantitative estimate of drug-likeness (QED) is 0.931. The third kappa shape index (κ3) is 3.26. The van der Waals surface area contributed by atoms with E-state index >= 15 is 0 Å². The summed E-state index contributed by atoms with van der Waals surface area (Å²) >= 11 is 0. The van der Waals surface area contributed by atoms with Crippen LogP contribution in [0.4, 0.5) is 0 Å². The summed E-state index contributed by atoms with van der Waals surface area (Å²) in [6.07, 6.45) is 2.95. The second-order valence-electron chi connectivity index (χ2n) is 5.37. The molecule has 1 aromatic carbocycles. The lowest BCUT2D eigenvalue weighted by molar-refractivity contribution is 0.234. The van der Waals surface area contributed by atoms with Crippen LogP contribution in [0.15, 0.2) is 40.9 Å². The molecule has 1 N–H and O–H groups in total. The van der Waals surface area contributed by atoms with E-state index in [1.54, 1.807) is 6.20 Å². The summed E-state index contributed by atoms with van der Waals surface area (Å²) in [5, 5.41) is 3.63. The molecule has 3 rings (SSSR count). The molecule has 0 radical (unpaired) electrons. The van der Waals surface area contributed by atoms with Gasteiger partial charge in [-0.15, -0.1) is 0 Å². The molecular weight excluding hydrogens is 250 g/mol. The lowest BCUT2D eigenvalue weighted by Crippen LogP contribution is -2.31. The van der Waals surface area contributed by atoms with E-state index in [0.717, 1.165) is 44.3 Å². The molecule has 106 valence electrons. The molecule has 1 aliphatic rings. The maximum absolute atomic E-state index is 5.59. The summed E-state index contributed by atoms with van der Waals surface area (Å²) in [6.45, 7) is 5.86. The van der Waals surface area contributed by atoms with E-state index in [9.17, 15) is 0 Å². The highest BCUT2D eigenvalue weighted by atomic mass is 16.4. The highest BCUT2D eigenvalue weighted by molar-refractivity contribution is 5.19. The molecule has 0 bridgehead atoms. The minimum Gasteiger partial charge on any atom is -0.445 e. The molecule has 0 aliphatic carbocycles. The molecule has 0 saturated carbocycles. The first kappa shape index (κ1) is 13.3. The fourth-order valence-corrected chi connectivity index (χ4v) is 2.71. The van der Waals surface area contributed by atoms with Gasteiger partial charge >= 0.3 is 0 Å². The lowest BCUT2D eigenvalue weighted by atomic mass is 10.1. The molecular formula is C16H21N3O. The molecule has 4 nitrogen and oxygen atoms in total. The summed E-state index contributed by atoms with van der Waals surface area (Å²) in [4.78, 5) is 6.73. The molecule has 1 atom stereocenters. The van der Waals surface area contributed by atoms with E-state index in [1.807, 2.05) is 6.92 Å². The predicted molar refractivity (Wildman–Crippen MR) is 78.3 cm³/mol. The zero-order valence-corrected chi connectivity index (χ0v) is 11.9. The van der Waals surface area contributed by atoms with Gasteiger partial charge in [0.1, 0.15) is 5.76 Å². The van der Waals surface area contributed by atoms with Crippen molar-refractivity contribution in [3.63, 3.8) is 0 Å². The lowest BCUT2D eigenvalue weighted by Gasteiger charge is -2.23. The molecule has 1 unspecified atom stereocenters. The van der Waals surface area contributed by atoms with Crippen molar-refractivity contribution in [2.75, 3.05) is 19.6 Å². The first-order valence-corrected chi connectivity index (χ1v) is 7.23. The average molecular weight is 271 g/mol. The zero-order valence-electron chi connectivity index (χ0n) is 11.9. The fraction of sp³-hybridized carbons (Fsp3) is 0.438. The molecule has 20 heavy (non-hydrogen) atoms. The first-order valence-electron chi connectivity index (χ1n) is 7.23. The Bertz CT molecular complexity index is 538. The molecule has 1 saturated heterocycles. The molecule has 2 aromatic rings. The van der Waals surface area contributed by atoms with Crippen molar-refractivity contribution >= 4 is 0 Å². The van der Waals surface area contributed by atoms with Crippen LogP contribution in [0.25, 0.3) is 0 Å². The van der Waals surface area contributed by atoms with Gasteiger partial charge in [0.15, 0.2) is 0 Å². The van der Waals surface area contributed by atoms with Gasteiger partial charge in [0.05, 0.1) is 12.7 Å². The average Bonchev–Trinajstić information content (AvgIpc) is 2.74. The van der Waals surface area contributed by atoms with Crippen molar-refractivity contribution in [2.45, 2.75) is 25.9 Å². The van der Waals surface area contributed by atoms with E-state index in [2.05, 4.69) is 45.5 Å². The highest BCUT2D eigenvalue weighted by Gasteiger charge is 2.20. The van der Waals surface area contributed by atoms with Crippen LogP contribution in [-0.4, -0.2) is 29.5 Å². The maximum Gasteiger partial charge on any atom is 0.208 e. The number of benzene rings is 1.